The maximum absolute atomic E-state index is 10.6. The zero-order chi connectivity index (χ0) is 9.68. The summed E-state index contributed by atoms with van der Waals surface area (Å²) in [5, 5.41) is 14.2. The molecule has 0 atom stereocenters. The van der Waals surface area contributed by atoms with Crippen LogP contribution in [0.25, 0.3) is 11.2 Å². The Bertz CT molecular complexity index is 388. The summed E-state index contributed by atoms with van der Waals surface area (Å²) in [7, 11) is -0.750. The molecule has 0 bridgehead atoms. The van der Waals surface area contributed by atoms with Crippen molar-refractivity contribution in [3.8, 4) is 0 Å². The van der Waals surface area contributed by atoms with E-state index >= 15 is 0 Å². The molecule has 0 fully saturated rings. The molecular formula is C6H8BN3O3. The van der Waals surface area contributed by atoms with E-state index in [9.17, 15) is 4.79 Å². The number of rotatable bonds is 0. The van der Waals surface area contributed by atoms with Gasteiger partial charge in [-0.25, -0.2) is 9.78 Å². The van der Waals surface area contributed by atoms with Crippen LogP contribution in [-0.4, -0.2) is 32.7 Å². The number of hydrogen-bond acceptors (Lipinski definition) is 4. The lowest BCUT2D eigenvalue weighted by Gasteiger charge is -1.81. The smallest absolute Gasteiger partial charge is 0.430 e. The molecule has 4 N–H and O–H groups in total. The Morgan fingerprint density at radius 3 is 2.69 bits per heavy atom. The minimum absolute atomic E-state index is 0.214. The molecule has 0 spiro atoms. The van der Waals surface area contributed by atoms with Gasteiger partial charge in [0.05, 0.1) is 5.52 Å². The third-order valence-corrected chi connectivity index (χ3v) is 1.29. The number of aromatic nitrogens is 3. The van der Waals surface area contributed by atoms with Crippen molar-refractivity contribution in [2.45, 2.75) is 0 Å². The summed E-state index contributed by atoms with van der Waals surface area (Å²) >= 11 is 0. The topological polar surface area (TPSA) is 102 Å². The highest BCUT2D eigenvalue weighted by Crippen LogP contribution is 1.98. The number of nitrogens with one attached hydrogen (secondary N) is 2. The Labute approximate surface area is 73.6 Å². The van der Waals surface area contributed by atoms with Gasteiger partial charge in [0.1, 0.15) is 0 Å². The van der Waals surface area contributed by atoms with Crippen molar-refractivity contribution in [3.63, 3.8) is 0 Å². The summed E-state index contributed by atoms with van der Waals surface area (Å²) in [5.74, 6) is 0. The van der Waals surface area contributed by atoms with E-state index in [1.165, 1.54) is 0 Å². The Morgan fingerprint density at radius 1 is 1.38 bits per heavy atom. The van der Waals surface area contributed by atoms with Gasteiger partial charge in [-0.3, -0.25) is 4.98 Å². The fourth-order valence-electron chi connectivity index (χ4n) is 0.867. The van der Waals surface area contributed by atoms with Gasteiger partial charge in [-0.15, -0.1) is 0 Å². The number of aromatic amines is 2. The number of imidazole rings is 1. The third-order valence-electron chi connectivity index (χ3n) is 1.29. The van der Waals surface area contributed by atoms with Gasteiger partial charge >= 0.3 is 13.4 Å². The number of H-pyrrole nitrogens is 2. The SMILES string of the molecule is O=c1[nH]c2cccnc2[nH]1.OBO. The summed E-state index contributed by atoms with van der Waals surface area (Å²) < 4.78 is 0. The Balaban J connectivity index is 0.000000251. The third kappa shape index (κ3) is 2.43. The summed E-state index contributed by atoms with van der Waals surface area (Å²) in [6.07, 6.45) is 1.63. The second-order valence-corrected chi connectivity index (χ2v) is 2.12. The Morgan fingerprint density at radius 2 is 2.08 bits per heavy atom. The largest absolute Gasteiger partial charge is 0.432 e. The van der Waals surface area contributed by atoms with E-state index in [0.717, 1.165) is 5.52 Å². The van der Waals surface area contributed by atoms with Crippen LogP contribution in [0.1, 0.15) is 0 Å². The minimum atomic E-state index is -0.750. The maximum atomic E-state index is 10.6. The van der Waals surface area contributed by atoms with Crippen molar-refractivity contribution >= 4 is 18.8 Å². The monoisotopic (exact) mass is 181 g/mol. The van der Waals surface area contributed by atoms with E-state index in [1.807, 2.05) is 0 Å². The van der Waals surface area contributed by atoms with Gasteiger partial charge < -0.3 is 15.0 Å². The van der Waals surface area contributed by atoms with Gasteiger partial charge in [0, 0.05) is 6.20 Å². The van der Waals surface area contributed by atoms with Crippen LogP contribution in [0.15, 0.2) is 23.1 Å². The summed E-state index contributed by atoms with van der Waals surface area (Å²) in [6, 6.07) is 3.56. The zero-order valence-corrected chi connectivity index (χ0v) is 6.69. The first-order chi connectivity index (χ1) is 6.27. The minimum Gasteiger partial charge on any atom is -0.430 e. The van der Waals surface area contributed by atoms with Crippen LogP contribution in [0, 0.1) is 0 Å². The predicted molar refractivity (Wildman–Crippen MR) is 48.3 cm³/mol. The number of hydrogen-bond donors (Lipinski definition) is 4. The molecule has 68 valence electrons. The van der Waals surface area contributed by atoms with Gasteiger partial charge in [-0.1, -0.05) is 0 Å². The first kappa shape index (κ1) is 9.49. The molecule has 0 radical (unpaired) electrons. The van der Waals surface area contributed by atoms with Gasteiger partial charge in [0.2, 0.25) is 0 Å². The van der Waals surface area contributed by atoms with E-state index in [-0.39, 0.29) is 5.69 Å². The molecule has 0 unspecified atom stereocenters. The van der Waals surface area contributed by atoms with Gasteiger partial charge in [-0.05, 0) is 12.1 Å². The van der Waals surface area contributed by atoms with Crippen LogP contribution in [-0.2, 0) is 0 Å². The molecular weight excluding hydrogens is 173 g/mol. The van der Waals surface area contributed by atoms with Crippen molar-refractivity contribution in [1.29, 1.82) is 0 Å². The van der Waals surface area contributed by atoms with Crippen LogP contribution in [0.2, 0.25) is 0 Å². The second-order valence-electron chi connectivity index (χ2n) is 2.12. The number of nitrogens with zero attached hydrogens (tertiary/aromatic N) is 1. The molecule has 2 rings (SSSR count). The summed E-state index contributed by atoms with van der Waals surface area (Å²) in [6.45, 7) is 0. The standard InChI is InChI=1S/C6H5N3O.BH3O2/c10-6-8-4-2-1-3-7-5(4)9-6;2-1-3/h1-3H,(H2,7,8,9,10);1-3H. The highest BCUT2D eigenvalue weighted by atomic mass is 16.4. The fraction of sp³-hybridized carbons (Fsp3) is 0. The van der Waals surface area contributed by atoms with Crippen LogP contribution in [0.4, 0.5) is 0 Å². The normalized spacial score (nSPS) is 9.08. The second kappa shape index (κ2) is 4.44. The molecule has 0 saturated carbocycles. The first-order valence-corrected chi connectivity index (χ1v) is 3.52. The molecule has 2 aromatic heterocycles. The lowest BCUT2D eigenvalue weighted by atomic mass is 10.4. The van der Waals surface area contributed by atoms with E-state index in [2.05, 4.69) is 15.0 Å². The molecule has 13 heavy (non-hydrogen) atoms. The molecule has 0 aliphatic heterocycles. The molecule has 0 aliphatic rings. The predicted octanol–water partition coefficient (Wildman–Crippen LogP) is -1.51. The molecule has 0 amide bonds. The molecule has 0 saturated heterocycles. The first-order valence-electron chi connectivity index (χ1n) is 3.52. The molecule has 2 heterocycles. The van der Waals surface area contributed by atoms with Crippen molar-refractivity contribution in [3.05, 3.63) is 28.8 Å². The summed E-state index contributed by atoms with van der Waals surface area (Å²) in [4.78, 5) is 19.7. The maximum Gasteiger partial charge on any atom is 0.432 e. The molecule has 0 aliphatic carbocycles. The highest BCUT2D eigenvalue weighted by molar-refractivity contribution is 6.13. The quantitative estimate of drug-likeness (QED) is 0.371. The van der Waals surface area contributed by atoms with Crippen molar-refractivity contribution in [2.75, 3.05) is 0 Å². The number of pyridine rings is 1. The van der Waals surface area contributed by atoms with E-state index in [4.69, 9.17) is 10.0 Å². The molecule has 0 aromatic carbocycles. The zero-order valence-electron chi connectivity index (χ0n) is 6.69. The molecule has 7 heteroatoms. The van der Waals surface area contributed by atoms with Gasteiger partial charge in [0.25, 0.3) is 0 Å². The van der Waals surface area contributed by atoms with Gasteiger partial charge in [-0.2, -0.15) is 0 Å². The average Bonchev–Trinajstić information content (AvgIpc) is 2.45. The van der Waals surface area contributed by atoms with Crippen LogP contribution in [0.5, 0.6) is 0 Å². The van der Waals surface area contributed by atoms with E-state index in [1.54, 1.807) is 18.3 Å². The Kier molecular flexibility index (Phi) is 3.24. The van der Waals surface area contributed by atoms with Crippen LogP contribution in [0.3, 0.4) is 0 Å². The van der Waals surface area contributed by atoms with Gasteiger partial charge in [0.15, 0.2) is 5.65 Å². The van der Waals surface area contributed by atoms with Crippen molar-refractivity contribution < 1.29 is 10.0 Å². The lowest BCUT2D eigenvalue weighted by Crippen LogP contribution is -1.99. The van der Waals surface area contributed by atoms with Crippen molar-refractivity contribution in [2.24, 2.45) is 0 Å². The van der Waals surface area contributed by atoms with Crippen LogP contribution >= 0.6 is 0 Å². The van der Waals surface area contributed by atoms with Crippen molar-refractivity contribution in [1.82, 2.24) is 15.0 Å². The molecule has 2 aromatic rings. The highest BCUT2D eigenvalue weighted by Gasteiger charge is 1.93. The van der Waals surface area contributed by atoms with Crippen LogP contribution < -0.4 is 5.69 Å². The van der Waals surface area contributed by atoms with E-state index < -0.39 is 7.69 Å². The Hall–Kier alpha value is -1.60. The number of fused-ring (bicyclic) bond motifs is 1. The summed E-state index contributed by atoms with van der Waals surface area (Å²) in [5.41, 5.74) is 1.13. The fourth-order valence-corrected chi connectivity index (χ4v) is 0.867. The van der Waals surface area contributed by atoms with E-state index in [0.29, 0.717) is 5.65 Å². The average molecular weight is 181 g/mol. The molecule has 6 nitrogen and oxygen atoms in total. The lowest BCUT2D eigenvalue weighted by molar-refractivity contribution is 0.448.